The first-order valence-corrected chi connectivity index (χ1v) is 6.31. The maximum atomic E-state index is 5.99. The van der Waals surface area contributed by atoms with Gasteiger partial charge in [0.1, 0.15) is 6.33 Å². The van der Waals surface area contributed by atoms with Gasteiger partial charge in [-0.2, -0.15) is 0 Å². The summed E-state index contributed by atoms with van der Waals surface area (Å²) in [6, 6.07) is 3.53. The number of aromatic nitrogens is 3. The average molecular weight is 277 g/mol. The second-order valence-corrected chi connectivity index (χ2v) is 4.18. The van der Waals surface area contributed by atoms with Crippen LogP contribution in [0.15, 0.2) is 18.5 Å². The number of rotatable bonds is 6. The Labute approximate surface area is 117 Å². The fourth-order valence-electron chi connectivity index (χ4n) is 1.90. The third-order valence-corrected chi connectivity index (χ3v) is 3.03. The van der Waals surface area contributed by atoms with Crippen LogP contribution in [0.4, 0.5) is 11.4 Å². The Balaban J connectivity index is 2.17. The van der Waals surface area contributed by atoms with E-state index in [1.54, 1.807) is 32.7 Å². The molecule has 0 unspecified atom stereocenters. The lowest BCUT2D eigenvalue weighted by molar-refractivity contribution is 0.355. The molecule has 0 aliphatic rings. The summed E-state index contributed by atoms with van der Waals surface area (Å²) in [6.07, 6.45) is 1.70. The zero-order valence-electron chi connectivity index (χ0n) is 11.9. The first-order valence-electron chi connectivity index (χ1n) is 6.31. The first-order chi connectivity index (χ1) is 9.69. The Kier molecular flexibility index (Phi) is 4.29. The second-order valence-electron chi connectivity index (χ2n) is 4.18. The molecule has 0 saturated heterocycles. The standard InChI is InChI=1S/C13H19N5O2/c1-4-18-8-16-17-13(18)7-15-10-6-12(20-3)11(19-2)5-9(10)14/h5-6,8,15H,4,7,14H2,1-3H3. The summed E-state index contributed by atoms with van der Waals surface area (Å²) in [5.41, 5.74) is 7.35. The molecule has 2 rings (SSSR count). The molecule has 1 aromatic carbocycles. The minimum absolute atomic E-state index is 0.535. The van der Waals surface area contributed by atoms with E-state index in [0.717, 1.165) is 18.1 Å². The van der Waals surface area contributed by atoms with E-state index in [9.17, 15) is 0 Å². The number of methoxy groups -OCH3 is 2. The molecule has 108 valence electrons. The minimum atomic E-state index is 0.535. The van der Waals surface area contributed by atoms with Crippen LogP contribution in [0.3, 0.4) is 0 Å². The third-order valence-electron chi connectivity index (χ3n) is 3.03. The zero-order valence-corrected chi connectivity index (χ0v) is 11.9. The molecular formula is C13H19N5O2. The smallest absolute Gasteiger partial charge is 0.162 e. The average Bonchev–Trinajstić information content (AvgIpc) is 2.93. The van der Waals surface area contributed by atoms with Crippen molar-refractivity contribution in [2.24, 2.45) is 0 Å². The van der Waals surface area contributed by atoms with E-state index in [1.807, 2.05) is 11.5 Å². The normalized spacial score (nSPS) is 10.3. The molecule has 0 bridgehead atoms. The first kappa shape index (κ1) is 14.0. The lowest BCUT2D eigenvalue weighted by atomic mass is 10.2. The largest absolute Gasteiger partial charge is 0.493 e. The van der Waals surface area contributed by atoms with Gasteiger partial charge >= 0.3 is 0 Å². The number of hydrogen-bond donors (Lipinski definition) is 2. The highest BCUT2D eigenvalue weighted by atomic mass is 16.5. The number of nitrogens with one attached hydrogen (secondary N) is 1. The van der Waals surface area contributed by atoms with Crippen LogP contribution in [-0.4, -0.2) is 29.0 Å². The number of aryl methyl sites for hydroxylation is 1. The van der Waals surface area contributed by atoms with Gasteiger partial charge in [-0.15, -0.1) is 10.2 Å². The lowest BCUT2D eigenvalue weighted by Crippen LogP contribution is -2.09. The summed E-state index contributed by atoms with van der Waals surface area (Å²) in [4.78, 5) is 0. The number of anilines is 2. The topological polar surface area (TPSA) is 87.2 Å². The quantitative estimate of drug-likeness (QED) is 0.778. The van der Waals surface area contributed by atoms with Gasteiger partial charge in [-0.1, -0.05) is 0 Å². The highest BCUT2D eigenvalue weighted by Gasteiger charge is 2.10. The number of nitrogens with two attached hydrogens (primary N) is 1. The molecular weight excluding hydrogens is 258 g/mol. The summed E-state index contributed by atoms with van der Waals surface area (Å²) in [6.45, 7) is 3.40. The molecule has 7 nitrogen and oxygen atoms in total. The molecule has 0 aliphatic carbocycles. The number of ether oxygens (including phenoxy) is 2. The molecule has 0 amide bonds. The number of benzene rings is 1. The highest BCUT2D eigenvalue weighted by molar-refractivity contribution is 5.71. The van der Waals surface area contributed by atoms with Crippen LogP contribution < -0.4 is 20.5 Å². The van der Waals surface area contributed by atoms with E-state index >= 15 is 0 Å². The number of nitrogens with zero attached hydrogens (tertiary/aromatic N) is 3. The molecule has 0 atom stereocenters. The third kappa shape index (κ3) is 2.76. The van der Waals surface area contributed by atoms with Gasteiger partial charge in [-0.3, -0.25) is 0 Å². The van der Waals surface area contributed by atoms with Crippen molar-refractivity contribution in [2.45, 2.75) is 20.0 Å². The van der Waals surface area contributed by atoms with Gasteiger partial charge < -0.3 is 25.1 Å². The molecule has 0 radical (unpaired) electrons. The van der Waals surface area contributed by atoms with E-state index in [1.165, 1.54) is 0 Å². The van der Waals surface area contributed by atoms with Gasteiger partial charge in [0.2, 0.25) is 0 Å². The summed E-state index contributed by atoms with van der Waals surface area (Å²) < 4.78 is 12.4. The molecule has 0 fully saturated rings. The molecule has 1 heterocycles. The molecule has 0 aliphatic heterocycles. The number of nitrogen functional groups attached to an aromatic ring is 1. The van der Waals surface area contributed by atoms with E-state index in [0.29, 0.717) is 23.7 Å². The van der Waals surface area contributed by atoms with E-state index in [2.05, 4.69) is 15.5 Å². The summed E-state index contributed by atoms with van der Waals surface area (Å²) >= 11 is 0. The van der Waals surface area contributed by atoms with Crippen LogP contribution in [0.2, 0.25) is 0 Å². The van der Waals surface area contributed by atoms with Gasteiger partial charge in [-0.05, 0) is 6.92 Å². The molecule has 1 aromatic heterocycles. The molecule has 0 saturated carbocycles. The van der Waals surface area contributed by atoms with Gasteiger partial charge in [0.05, 0.1) is 32.1 Å². The summed E-state index contributed by atoms with van der Waals surface area (Å²) in [5, 5.41) is 11.2. The Morgan fingerprint density at radius 1 is 1.25 bits per heavy atom. The SMILES string of the molecule is CCn1cnnc1CNc1cc(OC)c(OC)cc1N. The number of hydrogen-bond acceptors (Lipinski definition) is 6. The van der Waals surface area contributed by atoms with Crippen LogP contribution >= 0.6 is 0 Å². The monoisotopic (exact) mass is 277 g/mol. The van der Waals surface area contributed by atoms with Crippen LogP contribution in [0.5, 0.6) is 11.5 Å². The van der Waals surface area contributed by atoms with Gasteiger partial charge in [-0.25, -0.2) is 0 Å². The van der Waals surface area contributed by atoms with Crippen molar-refractivity contribution in [3.05, 3.63) is 24.3 Å². The van der Waals surface area contributed by atoms with Gasteiger partial charge in [0.15, 0.2) is 17.3 Å². The van der Waals surface area contributed by atoms with Crippen molar-refractivity contribution in [1.82, 2.24) is 14.8 Å². The lowest BCUT2D eigenvalue weighted by Gasteiger charge is -2.14. The van der Waals surface area contributed by atoms with Gasteiger partial charge in [0, 0.05) is 18.7 Å². The van der Waals surface area contributed by atoms with Crippen molar-refractivity contribution in [1.29, 1.82) is 0 Å². The predicted molar refractivity (Wildman–Crippen MR) is 77.0 cm³/mol. The predicted octanol–water partition coefficient (Wildman–Crippen LogP) is 1.51. The van der Waals surface area contributed by atoms with Crippen LogP contribution in [0.1, 0.15) is 12.7 Å². The highest BCUT2D eigenvalue weighted by Crippen LogP contribution is 2.34. The van der Waals surface area contributed by atoms with E-state index in [4.69, 9.17) is 15.2 Å². The van der Waals surface area contributed by atoms with Crippen molar-refractivity contribution in [3.63, 3.8) is 0 Å². The Bertz CT molecular complexity index is 582. The maximum absolute atomic E-state index is 5.99. The molecule has 3 N–H and O–H groups in total. The fourth-order valence-corrected chi connectivity index (χ4v) is 1.90. The van der Waals surface area contributed by atoms with Crippen LogP contribution in [0, 0.1) is 0 Å². The minimum Gasteiger partial charge on any atom is -0.493 e. The second kappa shape index (κ2) is 6.14. The van der Waals surface area contributed by atoms with E-state index < -0.39 is 0 Å². The molecule has 2 aromatic rings. The van der Waals surface area contributed by atoms with Crippen molar-refractivity contribution >= 4 is 11.4 Å². The van der Waals surface area contributed by atoms with Crippen LogP contribution in [0.25, 0.3) is 0 Å². The Hall–Kier alpha value is -2.44. The van der Waals surface area contributed by atoms with E-state index in [-0.39, 0.29) is 0 Å². The van der Waals surface area contributed by atoms with Crippen molar-refractivity contribution in [3.8, 4) is 11.5 Å². The molecule has 20 heavy (non-hydrogen) atoms. The molecule has 0 spiro atoms. The maximum Gasteiger partial charge on any atom is 0.162 e. The molecule has 7 heteroatoms. The van der Waals surface area contributed by atoms with Gasteiger partial charge in [0.25, 0.3) is 0 Å². The zero-order chi connectivity index (χ0) is 14.5. The summed E-state index contributed by atoms with van der Waals surface area (Å²) in [5.74, 6) is 2.08. The summed E-state index contributed by atoms with van der Waals surface area (Å²) in [7, 11) is 3.17. The van der Waals surface area contributed by atoms with Crippen molar-refractivity contribution in [2.75, 3.05) is 25.3 Å². The Morgan fingerprint density at radius 3 is 2.60 bits per heavy atom. The fraction of sp³-hybridized carbons (Fsp3) is 0.385. The Morgan fingerprint density at radius 2 is 1.95 bits per heavy atom. The van der Waals surface area contributed by atoms with Crippen molar-refractivity contribution < 1.29 is 9.47 Å². The van der Waals surface area contributed by atoms with Crippen LogP contribution in [-0.2, 0) is 13.1 Å².